The van der Waals surface area contributed by atoms with E-state index < -0.39 is 0 Å². The highest BCUT2D eigenvalue weighted by Gasteiger charge is 2.27. The third-order valence-corrected chi connectivity index (χ3v) is 2.89. The predicted molar refractivity (Wildman–Crippen MR) is 50.6 cm³/mol. The van der Waals surface area contributed by atoms with Gasteiger partial charge in [-0.2, -0.15) is 0 Å². The molecule has 0 saturated heterocycles. The fraction of sp³-hybridized carbons (Fsp3) is 0.900. The van der Waals surface area contributed by atoms with Gasteiger partial charge in [-0.1, -0.05) is 25.9 Å². The second kappa shape index (κ2) is 3.92. The average Bonchev–Trinajstić information content (AvgIpc) is 2.03. The number of rotatable bonds is 1. The van der Waals surface area contributed by atoms with Crippen LogP contribution < -0.4 is 0 Å². The van der Waals surface area contributed by atoms with Crippen LogP contribution in [-0.2, 0) is 0 Å². The maximum Gasteiger partial charge on any atom is 0.0606 e. The van der Waals surface area contributed by atoms with Crippen LogP contribution in [0.1, 0.15) is 40.0 Å². The van der Waals surface area contributed by atoms with Crippen molar-refractivity contribution in [3.8, 4) is 0 Å². The van der Waals surface area contributed by atoms with E-state index in [0.29, 0.717) is 17.8 Å². The van der Waals surface area contributed by atoms with E-state index in [9.17, 15) is 0 Å². The molecular weight excluding hydrogens is 150 g/mol. The zero-order valence-electron chi connectivity index (χ0n) is 8.25. The summed E-state index contributed by atoms with van der Waals surface area (Å²) in [6.07, 6.45) is 3.46. The van der Waals surface area contributed by atoms with Crippen LogP contribution in [0.3, 0.4) is 0 Å². The summed E-state index contributed by atoms with van der Waals surface area (Å²) in [5.74, 6) is 1.83. The fourth-order valence-electron chi connectivity index (χ4n) is 2.07. The van der Waals surface area contributed by atoms with E-state index in [4.69, 9.17) is 5.21 Å². The molecule has 0 aromatic rings. The minimum atomic E-state index is 0.520. The molecular formula is C10H19NO. The van der Waals surface area contributed by atoms with Gasteiger partial charge in [0.25, 0.3) is 0 Å². The summed E-state index contributed by atoms with van der Waals surface area (Å²) >= 11 is 0. The van der Waals surface area contributed by atoms with Gasteiger partial charge in [-0.25, -0.2) is 0 Å². The molecule has 70 valence electrons. The molecule has 1 N–H and O–H groups in total. The second-order valence-electron chi connectivity index (χ2n) is 4.33. The van der Waals surface area contributed by atoms with Crippen LogP contribution in [0.5, 0.6) is 0 Å². The standard InChI is InChI=1S/C10H19NO/c1-7(2)9-5-4-8(3)6-10(9)11-12/h7-9,12H,4-6H2,1-3H3/b11-10+/t8-,9+/m0/s1. The molecule has 1 rings (SSSR count). The molecule has 0 aromatic carbocycles. The highest BCUT2D eigenvalue weighted by Crippen LogP contribution is 2.30. The van der Waals surface area contributed by atoms with Crippen LogP contribution in [-0.4, -0.2) is 10.9 Å². The fourth-order valence-corrected chi connectivity index (χ4v) is 2.07. The number of hydrogen-bond donors (Lipinski definition) is 1. The van der Waals surface area contributed by atoms with Crippen molar-refractivity contribution < 1.29 is 5.21 Å². The molecule has 1 aliphatic rings. The Morgan fingerprint density at radius 1 is 1.42 bits per heavy atom. The van der Waals surface area contributed by atoms with Gasteiger partial charge >= 0.3 is 0 Å². The van der Waals surface area contributed by atoms with Gasteiger partial charge in [0.2, 0.25) is 0 Å². The van der Waals surface area contributed by atoms with Gasteiger partial charge in [0, 0.05) is 5.92 Å². The lowest BCUT2D eigenvalue weighted by Crippen LogP contribution is -2.27. The molecule has 1 saturated carbocycles. The molecule has 0 bridgehead atoms. The molecule has 1 aliphatic carbocycles. The Balaban J connectivity index is 2.63. The van der Waals surface area contributed by atoms with Crippen LogP contribution in [0.4, 0.5) is 0 Å². The maximum absolute atomic E-state index is 8.82. The van der Waals surface area contributed by atoms with E-state index in [1.54, 1.807) is 0 Å². The van der Waals surface area contributed by atoms with Crippen LogP contribution in [0, 0.1) is 17.8 Å². The van der Waals surface area contributed by atoms with Crippen molar-refractivity contribution in [1.29, 1.82) is 0 Å². The normalized spacial score (nSPS) is 34.5. The Labute approximate surface area is 74.7 Å². The first-order chi connectivity index (χ1) is 5.65. The molecule has 0 radical (unpaired) electrons. The maximum atomic E-state index is 8.82. The number of hydrogen-bond acceptors (Lipinski definition) is 2. The molecule has 0 aliphatic heterocycles. The lowest BCUT2D eigenvalue weighted by Gasteiger charge is -2.29. The van der Waals surface area contributed by atoms with Gasteiger partial charge in [-0.3, -0.25) is 0 Å². The van der Waals surface area contributed by atoms with E-state index in [-0.39, 0.29) is 0 Å². The Kier molecular flexibility index (Phi) is 3.12. The Hall–Kier alpha value is -0.530. The predicted octanol–water partition coefficient (Wildman–Crippen LogP) is 2.91. The Bertz CT molecular complexity index is 175. The summed E-state index contributed by atoms with van der Waals surface area (Å²) in [7, 11) is 0. The minimum Gasteiger partial charge on any atom is -0.411 e. The average molecular weight is 169 g/mol. The van der Waals surface area contributed by atoms with Crippen molar-refractivity contribution >= 4 is 5.71 Å². The summed E-state index contributed by atoms with van der Waals surface area (Å²) in [6, 6.07) is 0. The zero-order valence-corrected chi connectivity index (χ0v) is 8.25. The van der Waals surface area contributed by atoms with E-state index in [2.05, 4.69) is 25.9 Å². The number of nitrogens with zero attached hydrogens (tertiary/aromatic N) is 1. The molecule has 0 heterocycles. The molecule has 2 heteroatoms. The monoisotopic (exact) mass is 169 g/mol. The molecule has 0 spiro atoms. The Morgan fingerprint density at radius 2 is 2.08 bits per heavy atom. The van der Waals surface area contributed by atoms with Crippen molar-refractivity contribution in [2.75, 3.05) is 0 Å². The van der Waals surface area contributed by atoms with Crippen molar-refractivity contribution in [1.82, 2.24) is 0 Å². The topological polar surface area (TPSA) is 32.6 Å². The largest absolute Gasteiger partial charge is 0.411 e. The molecule has 12 heavy (non-hydrogen) atoms. The van der Waals surface area contributed by atoms with E-state index >= 15 is 0 Å². The lowest BCUT2D eigenvalue weighted by atomic mass is 9.76. The molecule has 2 atom stereocenters. The summed E-state index contributed by atoms with van der Waals surface area (Å²) in [5.41, 5.74) is 1.02. The summed E-state index contributed by atoms with van der Waals surface area (Å²) < 4.78 is 0. The molecule has 0 aromatic heterocycles. The molecule has 0 amide bonds. The third kappa shape index (κ3) is 1.99. The van der Waals surface area contributed by atoms with Gasteiger partial charge in [0.1, 0.15) is 0 Å². The van der Waals surface area contributed by atoms with Gasteiger partial charge in [-0.05, 0) is 31.1 Å². The molecule has 2 nitrogen and oxygen atoms in total. The van der Waals surface area contributed by atoms with Crippen LogP contribution >= 0.6 is 0 Å². The quantitative estimate of drug-likeness (QED) is 0.475. The summed E-state index contributed by atoms with van der Waals surface area (Å²) in [5, 5.41) is 12.2. The van der Waals surface area contributed by atoms with Crippen LogP contribution in [0.25, 0.3) is 0 Å². The Morgan fingerprint density at radius 3 is 2.58 bits per heavy atom. The van der Waals surface area contributed by atoms with Crippen molar-refractivity contribution in [3.63, 3.8) is 0 Å². The van der Waals surface area contributed by atoms with Gasteiger partial charge < -0.3 is 5.21 Å². The van der Waals surface area contributed by atoms with Crippen LogP contribution in [0.2, 0.25) is 0 Å². The van der Waals surface area contributed by atoms with E-state index in [1.807, 2.05) is 0 Å². The highest BCUT2D eigenvalue weighted by atomic mass is 16.4. The second-order valence-corrected chi connectivity index (χ2v) is 4.33. The van der Waals surface area contributed by atoms with Gasteiger partial charge in [0.15, 0.2) is 0 Å². The van der Waals surface area contributed by atoms with Crippen LogP contribution in [0.15, 0.2) is 5.16 Å². The lowest BCUT2D eigenvalue weighted by molar-refractivity contribution is 0.291. The number of oxime groups is 1. The van der Waals surface area contributed by atoms with Gasteiger partial charge in [-0.15, -0.1) is 0 Å². The smallest absolute Gasteiger partial charge is 0.0606 e. The first-order valence-corrected chi connectivity index (χ1v) is 4.86. The van der Waals surface area contributed by atoms with E-state index in [0.717, 1.165) is 12.1 Å². The molecule has 0 unspecified atom stereocenters. The van der Waals surface area contributed by atoms with Crippen molar-refractivity contribution in [2.24, 2.45) is 22.9 Å². The van der Waals surface area contributed by atoms with E-state index in [1.165, 1.54) is 12.8 Å². The highest BCUT2D eigenvalue weighted by molar-refractivity contribution is 5.87. The summed E-state index contributed by atoms with van der Waals surface area (Å²) in [6.45, 7) is 6.62. The minimum absolute atomic E-state index is 0.520. The first-order valence-electron chi connectivity index (χ1n) is 4.86. The van der Waals surface area contributed by atoms with Gasteiger partial charge in [0.05, 0.1) is 5.71 Å². The third-order valence-electron chi connectivity index (χ3n) is 2.89. The van der Waals surface area contributed by atoms with Crippen molar-refractivity contribution in [3.05, 3.63) is 0 Å². The first kappa shape index (κ1) is 9.56. The SMILES string of the molecule is CC(C)[C@H]1CC[C@H](C)C/C1=N\O. The molecule has 1 fully saturated rings. The zero-order chi connectivity index (χ0) is 9.14. The van der Waals surface area contributed by atoms with Crippen molar-refractivity contribution in [2.45, 2.75) is 40.0 Å². The summed E-state index contributed by atoms with van der Waals surface area (Å²) in [4.78, 5) is 0.